The van der Waals surface area contributed by atoms with Gasteiger partial charge in [0, 0.05) is 23.3 Å². The average molecular weight is 445 g/mol. The smallest absolute Gasteiger partial charge is 0.269 e. The van der Waals surface area contributed by atoms with Gasteiger partial charge in [0.1, 0.15) is 5.75 Å². The van der Waals surface area contributed by atoms with E-state index in [9.17, 15) is 19.7 Å². The minimum Gasteiger partial charge on any atom is -0.494 e. The number of thiocarbonyl (C=S) groups is 1. The van der Waals surface area contributed by atoms with E-state index in [4.69, 9.17) is 17.0 Å². The number of nitro groups is 1. The van der Waals surface area contributed by atoms with Gasteiger partial charge >= 0.3 is 0 Å². The van der Waals surface area contributed by atoms with E-state index in [1.807, 2.05) is 0 Å². The molecule has 0 aliphatic carbocycles. The van der Waals surface area contributed by atoms with E-state index < -0.39 is 16.7 Å². The summed E-state index contributed by atoms with van der Waals surface area (Å²) in [4.78, 5) is 34.4. The second kappa shape index (κ2) is 12.2. The molecule has 2 rings (SSSR count). The Bertz CT molecular complexity index is 916. The van der Waals surface area contributed by atoms with Crippen LogP contribution in [0.1, 0.15) is 53.3 Å². The van der Waals surface area contributed by atoms with Gasteiger partial charge in [0.25, 0.3) is 17.5 Å². The van der Waals surface area contributed by atoms with Crippen LogP contribution in [-0.4, -0.2) is 28.5 Å². The highest BCUT2D eigenvalue weighted by Crippen LogP contribution is 2.13. The summed E-state index contributed by atoms with van der Waals surface area (Å²) in [5, 5.41) is 13.0. The Hall–Kier alpha value is -3.53. The van der Waals surface area contributed by atoms with Gasteiger partial charge in [-0.3, -0.25) is 35.9 Å². The fourth-order valence-electron chi connectivity index (χ4n) is 2.55. The molecular weight excluding hydrogens is 420 g/mol. The maximum absolute atomic E-state index is 12.3. The van der Waals surface area contributed by atoms with Gasteiger partial charge in [-0.1, -0.05) is 26.2 Å². The number of hydrogen-bond donors (Lipinski definition) is 3. The van der Waals surface area contributed by atoms with Gasteiger partial charge in [-0.05, 0) is 55.0 Å². The van der Waals surface area contributed by atoms with Gasteiger partial charge in [-0.15, -0.1) is 0 Å². The summed E-state index contributed by atoms with van der Waals surface area (Å²) in [6.45, 7) is 2.78. The number of carbonyl (C=O) groups is 2. The zero-order chi connectivity index (χ0) is 22.6. The number of benzene rings is 2. The largest absolute Gasteiger partial charge is 0.494 e. The van der Waals surface area contributed by atoms with Gasteiger partial charge in [-0.2, -0.15) is 0 Å². The number of nitro benzene ring substituents is 1. The Balaban J connectivity index is 1.76. The van der Waals surface area contributed by atoms with Crippen molar-refractivity contribution in [3.05, 3.63) is 69.8 Å². The topological polar surface area (TPSA) is 123 Å². The van der Waals surface area contributed by atoms with E-state index in [0.29, 0.717) is 17.9 Å². The Kier molecular flexibility index (Phi) is 9.37. The van der Waals surface area contributed by atoms with Gasteiger partial charge < -0.3 is 4.74 Å². The number of unbranched alkanes of at least 4 members (excludes halogenated alkanes) is 3. The summed E-state index contributed by atoms with van der Waals surface area (Å²) in [6, 6.07) is 11.7. The number of rotatable bonds is 9. The summed E-state index contributed by atoms with van der Waals surface area (Å²) >= 11 is 5.00. The minimum atomic E-state index is -0.563. The SMILES string of the molecule is CCCCCCOc1ccc(C(=O)NC(=S)NNC(=O)c2ccc([N+](=O)[O-])cc2)cc1. The molecule has 2 amide bonds. The van der Waals surface area contributed by atoms with Crippen molar-refractivity contribution in [2.75, 3.05) is 6.61 Å². The third-order valence-electron chi connectivity index (χ3n) is 4.24. The van der Waals surface area contributed by atoms with Gasteiger partial charge in [0.05, 0.1) is 11.5 Å². The van der Waals surface area contributed by atoms with Crippen LogP contribution in [0.15, 0.2) is 48.5 Å². The number of amides is 2. The molecule has 10 heteroatoms. The average Bonchev–Trinajstić information content (AvgIpc) is 2.77. The molecular formula is C21H24N4O5S. The third kappa shape index (κ3) is 8.01. The second-order valence-corrected chi connectivity index (χ2v) is 7.01. The van der Waals surface area contributed by atoms with Crippen molar-refractivity contribution >= 4 is 34.8 Å². The first-order chi connectivity index (χ1) is 14.9. The number of non-ortho nitro benzene ring substituents is 1. The first kappa shape index (κ1) is 23.7. The highest BCUT2D eigenvalue weighted by atomic mass is 32.1. The van der Waals surface area contributed by atoms with Crippen molar-refractivity contribution < 1.29 is 19.2 Å². The van der Waals surface area contributed by atoms with Crippen molar-refractivity contribution in [1.82, 2.24) is 16.2 Å². The first-order valence-electron chi connectivity index (χ1n) is 9.79. The summed E-state index contributed by atoms with van der Waals surface area (Å²) in [7, 11) is 0. The Morgan fingerprint density at radius 3 is 2.16 bits per heavy atom. The summed E-state index contributed by atoms with van der Waals surface area (Å²) in [5.41, 5.74) is 5.18. The number of ether oxygens (including phenoxy) is 1. The van der Waals surface area contributed by atoms with E-state index in [1.165, 1.54) is 37.1 Å². The highest BCUT2D eigenvalue weighted by molar-refractivity contribution is 7.80. The first-order valence-corrected chi connectivity index (χ1v) is 10.2. The number of hydrogen-bond acceptors (Lipinski definition) is 6. The standard InChI is InChI=1S/C21H24N4O5S/c1-2-3-4-5-14-30-18-12-8-15(9-13-18)19(26)22-21(31)24-23-20(27)16-6-10-17(11-7-16)25(28)29/h6-13H,2-5,14H2,1H3,(H,23,27)(H2,22,24,26,31). The van der Waals surface area contributed by atoms with E-state index in [0.717, 1.165) is 12.8 Å². The summed E-state index contributed by atoms with van der Waals surface area (Å²) in [6.07, 6.45) is 4.47. The molecule has 0 fully saturated rings. The monoisotopic (exact) mass is 444 g/mol. The molecule has 3 N–H and O–H groups in total. The zero-order valence-corrected chi connectivity index (χ0v) is 17.9. The molecule has 0 radical (unpaired) electrons. The lowest BCUT2D eigenvalue weighted by molar-refractivity contribution is -0.384. The van der Waals surface area contributed by atoms with Gasteiger partial charge in [-0.25, -0.2) is 0 Å². The van der Waals surface area contributed by atoms with E-state index >= 15 is 0 Å². The quantitative estimate of drug-likeness (QED) is 0.234. The Labute approximate surface area is 185 Å². The lowest BCUT2D eigenvalue weighted by Gasteiger charge is -2.11. The van der Waals surface area contributed by atoms with Gasteiger partial charge in [0.15, 0.2) is 5.11 Å². The molecule has 0 unspecified atom stereocenters. The molecule has 2 aromatic carbocycles. The van der Waals surface area contributed by atoms with Crippen molar-refractivity contribution in [3.8, 4) is 5.75 Å². The molecule has 9 nitrogen and oxygen atoms in total. The second-order valence-electron chi connectivity index (χ2n) is 6.60. The Morgan fingerprint density at radius 1 is 0.935 bits per heavy atom. The number of nitrogens with one attached hydrogen (secondary N) is 3. The normalized spacial score (nSPS) is 10.1. The molecule has 2 aromatic rings. The fourth-order valence-corrected chi connectivity index (χ4v) is 2.69. The summed E-state index contributed by atoms with van der Waals surface area (Å²) < 4.78 is 5.64. The van der Waals surface area contributed by atoms with E-state index in [2.05, 4.69) is 23.1 Å². The fraction of sp³-hybridized carbons (Fsp3) is 0.286. The van der Waals surface area contributed by atoms with Crippen LogP contribution in [0.25, 0.3) is 0 Å². The molecule has 164 valence electrons. The number of nitrogens with zero attached hydrogens (tertiary/aromatic N) is 1. The molecule has 0 saturated carbocycles. The number of hydrazine groups is 1. The molecule has 0 bridgehead atoms. The van der Waals surface area contributed by atoms with Crippen molar-refractivity contribution in [2.24, 2.45) is 0 Å². The predicted molar refractivity (Wildman–Crippen MR) is 120 cm³/mol. The van der Waals surface area contributed by atoms with Crippen LogP contribution in [0.4, 0.5) is 5.69 Å². The molecule has 0 atom stereocenters. The molecule has 0 aliphatic rings. The van der Waals surface area contributed by atoms with Crippen LogP contribution in [0, 0.1) is 10.1 Å². The molecule has 0 aliphatic heterocycles. The lowest BCUT2D eigenvalue weighted by Crippen LogP contribution is -2.48. The number of carbonyl (C=O) groups excluding carboxylic acids is 2. The maximum Gasteiger partial charge on any atom is 0.269 e. The molecule has 0 heterocycles. The Morgan fingerprint density at radius 2 is 1.55 bits per heavy atom. The maximum atomic E-state index is 12.3. The van der Waals surface area contributed by atoms with Crippen LogP contribution in [0.3, 0.4) is 0 Å². The molecule has 0 aromatic heterocycles. The molecule has 0 spiro atoms. The van der Waals surface area contributed by atoms with Crippen LogP contribution in [-0.2, 0) is 0 Å². The van der Waals surface area contributed by atoms with E-state index in [-0.39, 0.29) is 16.4 Å². The van der Waals surface area contributed by atoms with Crippen molar-refractivity contribution in [1.29, 1.82) is 0 Å². The van der Waals surface area contributed by atoms with Crippen LogP contribution < -0.4 is 20.9 Å². The highest BCUT2D eigenvalue weighted by Gasteiger charge is 2.11. The third-order valence-corrected chi connectivity index (χ3v) is 4.44. The zero-order valence-electron chi connectivity index (χ0n) is 17.1. The van der Waals surface area contributed by atoms with Crippen LogP contribution in [0.2, 0.25) is 0 Å². The minimum absolute atomic E-state index is 0.100. The summed E-state index contributed by atoms with van der Waals surface area (Å²) in [5.74, 6) is -0.326. The van der Waals surface area contributed by atoms with Crippen molar-refractivity contribution in [2.45, 2.75) is 32.6 Å². The van der Waals surface area contributed by atoms with Crippen molar-refractivity contribution in [3.63, 3.8) is 0 Å². The lowest BCUT2D eigenvalue weighted by atomic mass is 10.2. The molecule has 0 saturated heterocycles. The van der Waals surface area contributed by atoms with E-state index in [1.54, 1.807) is 24.3 Å². The predicted octanol–water partition coefficient (Wildman–Crippen LogP) is 3.50. The van der Waals surface area contributed by atoms with Crippen LogP contribution >= 0.6 is 12.2 Å². The van der Waals surface area contributed by atoms with Crippen LogP contribution in [0.5, 0.6) is 5.75 Å². The van der Waals surface area contributed by atoms with Gasteiger partial charge in [0.2, 0.25) is 0 Å². The molecule has 31 heavy (non-hydrogen) atoms.